The molecule has 0 unspecified atom stereocenters. The summed E-state index contributed by atoms with van der Waals surface area (Å²) in [7, 11) is 0. The van der Waals surface area contributed by atoms with Crippen molar-refractivity contribution in [3.05, 3.63) is 250 Å². The summed E-state index contributed by atoms with van der Waals surface area (Å²) >= 11 is 0. The molecular formula is C115H142. The predicted molar refractivity (Wildman–Crippen MR) is 501 cm³/mol. The molecule has 0 heterocycles. The molecule has 0 heteroatoms. The summed E-state index contributed by atoms with van der Waals surface area (Å²) < 4.78 is 0. The first-order chi connectivity index (χ1) is 56.5. The first kappa shape index (κ1) is 82.3. The third kappa shape index (κ3) is 15.3. The van der Waals surface area contributed by atoms with Crippen LogP contribution in [0.4, 0.5) is 0 Å². The second-order valence-electron chi connectivity index (χ2n) is 37.2. The standard InChI is InChI=1S/C115H142/c1-11-21-35-65-111(66-36-22-12-2)101-47-33-31-45-91(101)93-57-49-83(75-103(93)111)85-51-59-95-97-61-53-87(79-107(97)113(105(95)77-85,69-39-25-15-5)70-40-26-16-6)89-55-63-99-100-64-56-90(82-110(100)115(109(99)81-89,73-43-29-19-9)74-44-30-20-10)88-54-62-98-96-60-52-86(78-106(96)114(108(98)80-88,71-41-27-17-7)72-42-28-18-8)84-50-58-94-92-46-32-34-48-102(92)112(104(94)76-84,67-37-23-13-3)68-38-24-14-4/h31-34,45-64,75-82H,11-30,35-44,65-74H2,1-10H3. The fourth-order valence-corrected chi connectivity index (χ4v) is 23.9. The van der Waals surface area contributed by atoms with Gasteiger partial charge in [0.1, 0.15) is 0 Å². The van der Waals surface area contributed by atoms with Gasteiger partial charge in [0.2, 0.25) is 0 Å². The number of unbranched alkanes of at least 4 members (excludes halogenated alkanes) is 20. The van der Waals surface area contributed by atoms with Gasteiger partial charge in [0.05, 0.1) is 0 Å². The van der Waals surface area contributed by atoms with Crippen molar-refractivity contribution in [3.63, 3.8) is 0 Å². The summed E-state index contributed by atoms with van der Waals surface area (Å²) in [5.41, 5.74) is 41.7. The zero-order chi connectivity index (χ0) is 79.6. The summed E-state index contributed by atoms with van der Waals surface area (Å²) in [5.74, 6) is 0. The molecule has 0 aliphatic heterocycles. The van der Waals surface area contributed by atoms with E-state index in [2.05, 4.69) is 263 Å². The molecule has 0 saturated heterocycles. The van der Waals surface area contributed by atoms with Crippen LogP contribution < -0.4 is 0 Å². The van der Waals surface area contributed by atoms with Crippen molar-refractivity contribution in [1.29, 1.82) is 0 Å². The van der Waals surface area contributed by atoms with E-state index >= 15 is 0 Å². The molecule has 115 heavy (non-hydrogen) atoms. The number of hydrogen-bond acceptors (Lipinski definition) is 0. The molecule has 0 spiro atoms. The van der Waals surface area contributed by atoms with Gasteiger partial charge < -0.3 is 0 Å². The Morgan fingerprint density at radius 3 is 0.417 bits per heavy atom. The molecule has 0 amide bonds. The van der Waals surface area contributed by atoms with Crippen molar-refractivity contribution in [2.45, 2.75) is 353 Å². The molecule has 5 aliphatic rings. The topological polar surface area (TPSA) is 0 Å². The first-order valence-corrected chi connectivity index (χ1v) is 47.9. The molecule has 0 fully saturated rings. The Balaban J connectivity index is 0.811. The van der Waals surface area contributed by atoms with Gasteiger partial charge in [0, 0.05) is 27.1 Å². The highest BCUT2D eigenvalue weighted by atomic mass is 14.5. The Labute approximate surface area is 698 Å². The van der Waals surface area contributed by atoms with Crippen LogP contribution in [0.5, 0.6) is 0 Å². The smallest absolute Gasteiger partial charge is 0.0215 e. The van der Waals surface area contributed by atoms with Gasteiger partial charge in [-0.3, -0.25) is 0 Å². The molecule has 0 nitrogen and oxygen atoms in total. The van der Waals surface area contributed by atoms with Crippen molar-refractivity contribution in [2.24, 2.45) is 0 Å². The lowest BCUT2D eigenvalue weighted by Gasteiger charge is -2.34. The quantitative estimate of drug-likeness (QED) is 0.0334. The normalized spacial score (nSPS) is 15.2. The van der Waals surface area contributed by atoms with Crippen LogP contribution in [0.15, 0.2) is 194 Å². The van der Waals surface area contributed by atoms with E-state index in [1.54, 1.807) is 55.6 Å². The minimum absolute atomic E-state index is 0.0573. The molecule has 0 bridgehead atoms. The van der Waals surface area contributed by atoms with Crippen molar-refractivity contribution >= 4 is 0 Å². The maximum atomic E-state index is 2.75. The molecule has 10 aromatic rings. The van der Waals surface area contributed by atoms with E-state index in [4.69, 9.17) is 0 Å². The number of hydrogen-bond donors (Lipinski definition) is 0. The summed E-state index contributed by atoms with van der Waals surface area (Å²) in [6.45, 7) is 23.9. The van der Waals surface area contributed by atoms with Crippen molar-refractivity contribution in [2.75, 3.05) is 0 Å². The van der Waals surface area contributed by atoms with E-state index in [0.29, 0.717) is 0 Å². The maximum absolute atomic E-state index is 2.75. The van der Waals surface area contributed by atoms with E-state index in [1.807, 2.05) is 0 Å². The molecule has 0 N–H and O–H groups in total. The van der Waals surface area contributed by atoms with Crippen LogP contribution in [0.2, 0.25) is 0 Å². The van der Waals surface area contributed by atoms with Gasteiger partial charge in [0.15, 0.2) is 0 Å². The van der Waals surface area contributed by atoms with Gasteiger partial charge in [-0.05, 0) is 269 Å². The summed E-state index contributed by atoms with van der Waals surface area (Å²) in [6, 6.07) is 81.6. The molecule has 10 aromatic carbocycles. The van der Waals surface area contributed by atoms with Crippen molar-refractivity contribution in [1.82, 2.24) is 0 Å². The summed E-state index contributed by atoms with van der Waals surface area (Å²) in [4.78, 5) is 0. The second-order valence-corrected chi connectivity index (χ2v) is 37.2. The van der Waals surface area contributed by atoms with Crippen molar-refractivity contribution < 1.29 is 0 Å². The molecule has 0 radical (unpaired) electrons. The first-order valence-electron chi connectivity index (χ1n) is 47.9. The van der Waals surface area contributed by atoms with Gasteiger partial charge >= 0.3 is 0 Å². The van der Waals surface area contributed by atoms with E-state index in [0.717, 1.165) is 0 Å². The fraction of sp³-hybridized carbons (Fsp3) is 0.478. The van der Waals surface area contributed by atoms with E-state index in [9.17, 15) is 0 Å². The molecule has 15 rings (SSSR count). The maximum Gasteiger partial charge on any atom is 0.0215 e. The average Bonchev–Trinajstić information content (AvgIpc) is 1.57. The Morgan fingerprint density at radius 1 is 0.139 bits per heavy atom. The second kappa shape index (κ2) is 37.0. The fourth-order valence-electron chi connectivity index (χ4n) is 23.9. The van der Waals surface area contributed by atoms with Gasteiger partial charge in [-0.1, -0.05) is 407 Å². The van der Waals surface area contributed by atoms with E-state index in [1.165, 1.54) is 357 Å². The van der Waals surface area contributed by atoms with Crippen LogP contribution in [0.1, 0.15) is 382 Å². The number of fused-ring (bicyclic) bond motifs is 15. The molecular weight excluding hydrogens is 1380 g/mol. The van der Waals surface area contributed by atoms with E-state index < -0.39 is 0 Å². The van der Waals surface area contributed by atoms with Gasteiger partial charge in [0.25, 0.3) is 0 Å². The molecule has 602 valence electrons. The van der Waals surface area contributed by atoms with Crippen LogP contribution in [-0.2, 0) is 27.1 Å². The predicted octanol–water partition coefficient (Wildman–Crippen LogP) is 35.5. The molecule has 0 saturated carbocycles. The van der Waals surface area contributed by atoms with Crippen LogP contribution in [0.25, 0.3) is 100 Å². The minimum Gasteiger partial charge on any atom is -0.0654 e. The Bertz CT molecular complexity index is 4620. The van der Waals surface area contributed by atoms with Crippen molar-refractivity contribution in [3.8, 4) is 100 Å². The third-order valence-electron chi connectivity index (χ3n) is 30.0. The number of rotatable bonds is 44. The third-order valence-corrected chi connectivity index (χ3v) is 30.0. The van der Waals surface area contributed by atoms with Gasteiger partial charge in [-0.15, -0.1) is 0 Å². The monoisotopic (exact) mass is 1520 g/mol. The zero-order valence-corrected chi connectivity index (χ0v) is 73.3. The molecule has 0 atom stereocenters. The largest absolute Gasteiger partial charge is 0.0654 e. The summed E-state index contributed by atoms with van der Waals surface area (Å²) in [5, 5.41) is 0. The highest BCUT2D eigenvalue weighted by Crippen LogP contribution is 2.63. The average molecular weight is 1520 g/mol. The van der Waals surface area contributed by atoms with Crippen LogP contribution in [-0.4, -0.2) is 0 Å². The van der Waals surface area contributed by atoms with E-state index in [-0.39, 0.29) is 27.1 Å². The minimum atomic E-state index is -0.0854. The van der Waals surface area contributed by atoms with Gasteiger partial charge in [-0.2, -0.15) is 0 Å². The Hall–Kier alpha value is -7.80. The van der Waals surface area contributed by atoms with Crippen LogP contribution in [0.3, 0.4) is 0 Å². The highest BCUT2D eigenvalue weighted by molar-refractivity contribution is 5.93. The number of benzene rings is 10. The lowest BCUT2D eigenvalue weighted by atomic mass is 9.69. The van der Waals surface area contributed by atoms with Gasteiger partial charge in [-0.25, -0.2) is 0 Å². The SMILES string of the molecule is CCCCCC1(CCCCC)c2ccccc2-c2ccc(-c3ccc4c(c3)C(CCCCC)(CCCCC)c3cc(-c5ccc6c(c5)C(CCCCC)(CCCCC)c5cc(-c7ccc8c(c7)C(CCCCC)(CCCCC)c7cc(-c9ccc%10c(c9)C(CCCCC)(CCCCC)c9ccccc9-%10)ccc7-8)ccc5-6)ccc3-4)cc21. The summed E-state index contributed by atoms with van der Waals surface area (Å²) in [6.07, 6.45) is 49.7. The lowest BCUT2D eigenvalue weighted by molar-refractivity contribution is 0.405. The Kier molecular flexibility index (Phi) is 26.5. The zero-order valence-electron chi connectivity index (χ0n) is 73.3. The lowest BCUT2D eigenvalue weighted by Crippen LogP contribution is -2.26. The molecule has 0 aromatic heterocycles. The van der Waals surface area contributed by atoms with Crippen LogP contribution >= 0.6 is 0 Å². The van der Waals surface area contributed by atoms with Crippen LogP contribution in [0, 0.1) is 0 Å². The Morgan fingerprint density at radius 2 is 0.270 bits per heavy atom. The molecule has 5 aliphatic carbocycles. The highest BCUT2D eigenvalue weighted by Gasteiger charge is 2.49.